The molecule has 0 unspecified atom stereocenters. The maximum absolute atomic E-state index is 11.5. The number of hydrogen-bond donors (Lipinski definition) is 3. The summed E-state index contributed by atoms with van der Waals surface area (Å²) in [5, 5.41) is 19.2. The Morgan fingerprint density at radius 3 is 2.12 bits per heavy atom. The molecule has 0 saturated carbocycles. The van der Waals surface area contributed by atoms with Crippen molar-refractivity contribution in [3.63, 3.8) is 0 Å². The van der Waals surface area contributed by atoms with Crippen molar-refractivity contribution in [3.8, 4) is 0 Å². The molecule has 7 nitrogen and oxygen atoms in total. The molecule has 7 heteroatoms. The fourth-order valence-electron chi connectivity index (χ4n) is 0.799. The molecule has 0 aromatic carbocycles. The highest BCUT2D eigenvalue weighted by Gasteiger charge is 2.32. The van der Waals surface area contributed by atoms with Gasteiger partial charge in [-0.3, -0.25) is 9.59 Å². The van der Waals surface area contributed by atoms with E-state index in [9.17, 15) is 14.4 Å². The maximum Gasteiger partial charge on any atom is 0.326 e. The van der Waals surface area contributed by atoms with E-state index in [0.29, 0.717) is 0 Å². The first-order valence-corrected chi connectivity index (χ1v) is 4.51. The van der Waals surface area contributed by atoms with E-state index in [1.165, 1.54) is 21.0 Å². The van der Waals surface area contributed by atoms with Gasteiger partial charge in [-0.2, -0.15) is 0 Å². The molecule has 0 saturated heterocycles. The summed E-state index contributed by atoms with van der Waals surface area (Å²) in [6.07, 6.45) is -0.680. The number of carboxylic acids is 2. The van der Waals surface area contributed by atoms with Crippen molar-refractivity contribution in [2.24, 2.45) is 0 Å². The Labute approximate surface area is 92.4 Å². The van der Waals surface area contributed by atoms with Gasteiger partial charge in [-0.05, 0) is 13.8 Å². The number of nitrogens with one attached hydrogen (secondary N) is 1. The van der Waals surface area contributed by atoms with Gasteiger partial charge in [0.1, 0.15) is 11.6 Å². The van der Waals surface area contributed by atoms with E-state index < -0.39 is 35.9 Å². The van der Waals surface area contributed by atoms with Crippen molar-refractivity contribution in [2.45, 2.75) is 31.9 Å². The number of methoxy groups -OCH3 is 1. The Bertz CT molecular complexity index is 298. The molecule has 0 aliphatic heterocycles. The normalized spacial score (nSPS) is 12.9. The summed E-state index contributed by atoms with van der Waals surface area (Å²) in [5.74, 6) is -3.38. The van der Waals surface area contributed by atoms with Crippen molar-refractivity contribution in [2.75, 3.05) is 7.11 Å². The number of ether oxygens (including phenoxy) is 1. The molecule has 1 atom stereocenters. The van der Waals surface area contributed by atoms with Gasteiger partial charge in [-0.25, -0.2) is 4.79 Å². The molecular weight excluding hydrogens is 218 g/mol. The zero-order valence-electron chi connectivity index (χ0n) is 9.31. The molecule has 16 heavy (non-hydrogen) atoms. The molecule has 1 amide bonds. The number of rotatable bonds is 6. The van der Waals surface area contributed by atoms with Crippen LogP contribution in [0.4, 0.5) is 0 Å². The minimum Gasteiger partial charge on any atom is -0.481 e. The van der Waals surface area contributed by atoms with Gasteiger partial charge >= 0.3 is 11.9 Å². The number of aliphatic carboxylic acids is 2. The Morgan fingerprint density at radius 1 is 1.31 bits per heavy atom. The average molecular weight is 233 g/mol. The van der Waals surface area contributed by atoms with Crippen LogP contribution in [-0.4, -0.2) is 46.8 Å². The minimum absolute atomic E-state index is 0.677. The molecule has 0 aliphatic rings. The second-order valence-electron chi connectivity index (χ2n) is 3.68. The predicted molar refractivity (Wildman–Crippen MR) is 52.9 cm³/mol. The molecule has 0 heterocycles. The molecule has 0 aromatic heterocycles. The van der Waals surface area contributed by atoms with Crippen LogP contribution in [0.1, 0.15) is 20.3 Å². The summed E-state index contributed by atoms with van der Waals surface area (Å²) < 4.78 is 4.83. The monoisotopic (exact) mass is 233 g/mol. The fourth-order valence-corrected chi connectivity index (χ4v) is 0.799. The smallest absolute Gasteiger partial charge is 0.326 e. The van der Waals surface area contributed by atoms with Crippen LogP contribution < -0.4 is 5.32 Å². The predicted octanol–water partition coefficient (Wildman–Crippen LogP) is -0.544. The van der Waals surface area contributed by atoms with Crippen molar-refractivity contribution >= 4 is 17.8 Å². The van der Waals surface area contributed by atoms with Crippen LogP contribution in [0.25, 0.3) is 0 Å². The highest BCUT2D eigenvalue weighted by Crippen LogP contribution is 2.08. The molecule has 0 aliphatic carbocycles. The Balaban J connectivity index is 4.58. The van der Waals surface area contributed by atoms with Gasteiger partial charge in [-0.15, -0.1) is 0 Å². The van der Waals surface area contributed by atoms with Crippen LogP contribution in [-0.2, 0) is 19.1 Å². The molecule has 3 N–H and O–H groups in total. The quantitative estimate of drug-likeness (QED) is 0.567. The number of carbonyl (C=O) groups excluding carboxylic acids is 1. The largest absolute Gasteiger partial charge is 0.481 e. The number of carbonyl (C=O) groups is 3. The Kier molecular flexibility index (Phi) is 4.90. The fraction of sp³-hybridized carbons (Fsp3) is 0.667. The number of amides is 1. The average Bonchev–Trinajstić information content (AvgIpc) is 2.15. The van der Waals surface area contributed by atoms with Crippen LogP contribution in [0, 0.1) is 0 Å². The van der Waals surface area contributed by atoms with E-state index >= 15 is 0 Å². The van der Waals surface area contributed by atoms with E-state index in [-0.39, 0.29) is 0 Å². The van der Waals surface area contributed by atoms with Crippen LogP contribution in [0.5, 0.6) is 0 Å². The zero-order chi connectivity index (χ0) is 12.9. The number of carboxylic acid groups (broad SMARTS) is 2. The lowest BCUT2D eigenvalue weighted by atomic mass is 10.1. The van der Waals surface area contributed by atoms with E-state index in [4.69, 9.17) is 14.9 Å². The molecule has 0 spiro atoms. The van der Waals surface area contributed by atoms with E-state index in [1.807, 2.05) is 0 Å². The highest BCUT2D eigenvalue weighted by atomic mass is 16.5. The van der Waals surface area contributed by atoms with Crippen LogP contribution in [0.2, 0.25) is 0 Å². The Morgan fingerprint density at radius 2 is 1.81 bits per heavy atom. The molecule has 0 radical (unpaired) electrons. The lowest BCUT2D eigenvalue weighted by Gasteiger charge is -2.23. The van der Waals surface area contributed by atoms with Gasteiger partial charge in [0.05, 0.1) is 6.42 Å². The third kappa shape index (κ3) is 4.26. The summed E-state index contributed by atoms with van der Waals surface area (Å²) in [4.78, 5) is 32.5. The minimum atomic E-state index is -1.46. The molecule has 0 rings (SSSR count). The van der Waals surface area contributed by atoms with Gasteiger partial charge in [0.25, 0.3) is 5.91 Å². The van der Waals surface area contributed by atoms with Gasteiger partial charge < -0.3 is 20.3 Å². The lowest BCUT2D eigenvalue weighted by molar-refractivity contribution is -0.150. The molecule has 92 valence electrons. The highest BCUT2D eigenvalue weighted by molar-refractivity contribution is 5.90. The van der Waals surface area contributed by atoms with Gasteiger partial charge in [0.2, 0.25) is 0 Å². The van der Waals surface area contributed by atoms with Crippen LogP contribution in [0.15, 0.2) is 0 Å². The first-order valence-electron chi connectivity index (χ1n) is 4.51. The van der Waals surface area contributed by atoms with E-state index in [0.717, 1.165) is 0 Å². The molecule has 0 aromatic rings. The van der Waals surface area contributed by atoms with Gasteiger partial charge in [0, 0.05) is 7.11 Å². The summed E-state index contributed by atoms with van der Waals surface area (Å²) in [5.41, 5.74) is -1.20. The van der Waals surface area contributed by atoms with E-state index in [1.54, 1.807) is 0 Å². The summed E-state index contributed by atoms with van der Waals surface area (Å²) in [7, 11) is 1.30. The van der Waals surface area contributed by atoms with Crippen LogP contribution >= 0.6 is 0 Å². The molecule has 0 bridgehead atoms. The third-order valence-electron chi connectivity index (χ3n) is 2.04. The zero-order valence-corrected chi connectivity index (χ0v) is 9.31. The van der Waals surface area contributed by atoms with Crippen molar-refractivity contribution in [1.82, 2.24) is 5.32 Å². The third-order valence-corrected chi connectivity index (χ3v) is 2.04. The standard InChI is InChI=1S/C9H15NO6/c1-9(2,16-3)8(15)10-5(7(13)14)4-6(11)12/h5H,4H2,1-3H3,(H,10,15)(H,11,12)(H,13,14)/t5-/m0/s1. The second kappa shape index (κ2) is 5.45. The van der Waals surface area contributed by atoms with Crippen molar-refractivity contribution in [1.29, 1.82) is 0 Å². The second-order valence-corrected chi connectivity index (χ2v) is 3.68. The lowest BCUT2D eigenvalue weighted by Crippen LogP contribution is -2.51. The first kappa shape index (κ1) is 14.4. The van der Waals surface area contributed by atoms with Crippen molar-refractivity contribution < 1.29 is 29.3 Å². The van der Waals surface area contributed by atoms with Gasteiger partial charge in [-0.1, -0.05) is 0 Å². The van der Waals surface area contributed by atoms with E-state index in [2.05, 4.69) is 5.32 Å². The van der Waals surface area contributed by atoms with Crippen LogP contribution in [0.3, 0.4) is 0 Å². The summed E-state index contributed by atoms with van der Waals surface area (Å²) in [6, 6.07) is -1.46. The number of hydrogen-bond acceptors (Lipinski definition) is 4. The summed E-state index contributed by atoms with van der Waals surface area (Å²) in [6.45, 7) is 2.89. The topological polar surface area (TPSA) is 113 Å². The molecular formula is C9H15NO6. The Hall–Kier alpha value is -1.63. The molecule has 0 fully saturated rings. The van der Waals surface area contributed by atoms with Crippen molar-refractivity contribution in [3.05, 3.63) is 0 Å². The first-order chi connectivity index (χ1) is 7.20. The SMILES string of the molecule is COC(C)(C)C(=O)N[C@@H](CC(=O)O)C(=O)O. The van der Waals surface area contributed by atoms with Gasteiger partial charge in [0.15, 0.2) is 0 Å². The summed E-state index contributed by atoms with van der Waals surface area (Å²) >= 11 is 0. The maximum atomic E-state index is 11.5.